The SMILES string of the molecule is Cc1cccc(NC(=O)N(Cc2ccc(OS(C)(=O)=O)cc2)CC2CCCO2)c1. The molecule has 7 nitrogen and oxygen atoms in total. The predicted molar refractivity (Wildman–Crippen MR) is 111 cm³/mol. The molecular weight excluding hydrogens is 392 g/mol. The molecule has 1 fully saturated rings. The fourth-order valence-electron chi connectivity index (χ4n) is 3.22. The second-order valence-electron chi connectivity index (χ2n) is 7.25. The molecule has 0 aliphatic carbocycles. The lowest BCUT2D eigenvalue weighted by molar-refractivity contribution is 0.0819. The van der Waals surface area contributed by atoms with Gasteiger partial charge in [0.15, 0.2) is 0 Å². The molecular formula is C21H26N2O5S. The van der Waals surface area contributed by atoms with Gasteiger partial charge >= 0.3 is 16.1 Å². The Labute approximate surface area is 171 Å². The van der Waals surface area contributed by atoms with E-state index in [1.807, 2.05) is 31.2 Å². The molecule has 0 spiro atoms. The summed E-state index contributed by atoms with van der Waals surface area (Å²) in [4.78, 5) is 14.6. The van der Waals surface area contributed by atoms with Crippen LogP contribution in [0, 0.1) is 6.92 Å². The fourth-order valence-corrected chi connectivity index (χ4v) is 3.69. The molecule has 2 amide bonds. The van der Waals surface area contributed by atoms with Crippen molar-refractivity contribution in [3.05, 3.63) is 59.7 Å². The van der Waals surface area contributed by atoms with Gasteiger partial charge < -0.3 is 19.1 Å². The van der Waals surface area contributed by atoms with E-state index in [1.54, 1.807) is 29.2 Å². The van der Waals surface area contributed by atoms with Gasteiger partial charge in [0.1, 0.15) is 5.75 Å². The van der Waals surface area contributed by atoms with Crippen molar-refractivity contribution in [1.82, 2.24) is 4.90 Å². The summed E-state index contributed by atoms with van der Waals surface area (Å²) in [6.45, 7) is 3.55. The molecule has 2 aromatic rings. The average Bonchev–Trinajstić information content (AvgIpc) is 3.14. The summed E-state index contributed by atoms with van der Waals surface area (Å²) in [6.07, 6.45) is 2.94. The Morgan fingerprint density at radius 3 is 2.62 bits per heavy atom. The highest BCUT2D eigenvalue weighted by Gasteiger charge is 2.23. The van der Waals surface area contributed by atoms with Crippen molar-refractivity contribution in [2.45, 2.75) is 32.4 Å². The smallest absolute Gasteiger partial charge is 0.322 e. The topological polar surface area (TPSA) is 84.9 Å². The van der Waals surface area contributed by atoms with Crippen LogP contribution in [0.3, 0.4) is 0 Å². The minimum atomic E-state index is -3.57. The Bertz CT molecular complexity index is 938. The number of nitrogens with one attached hydrogen (secondary N) is 1. The molecule has 3 rings (SSSR count). The second kappa shape index (κ2) is 9.28. The van der Waals surface area contributed by atoms with Gasteiger partial charge in [-0.15, -0.1) is 0 Å². The van der Waals surface area contributed by atoms with Gasteiger partial charge in [-0.1, -0.05) is 24.3 Å². The van der Waals surface area contributed by atoms with Gasteiger partial charge in [0.2, 0.25) is 0 Å². The number of nitrogens with zero attached hydrogens (tertiary/aromatic N) is 1. The van der Waals surface area contributed by atoms with Crippen molar-refractivity contribution in [2.75, 3.05) is 24.7 Å². The minimum absolute atomic E-state index is 0.0195. The summed E-state index contributed by atoms with van der Waals surface area (Å²) in [5, 5.41) is 2.95. The number of aryl methyl sites for hydroxylation is 1. The van der Waals surface area contributed by atoms with E-state index in [9.17, 15) is 13.2 Å². The highest BCUT2D eigenvalue weighted by Crippen LogP contribution is 2.19. The van der Waals surface area contributed by atoms with Crippen LogP contribution in [-0.4, -0.2) is 44.9 Å². The highest BCUT2D eigenvalue weighted by molar-refractivity contribution is 7.86. The number of carbonyl (C=O) groups excluding carboxylic acids is 1. The fraction of sp³-hybridized carbons (Fsp3) is 0.381. The van der Waals surface area contributed by atoms with Crippen LogP contribution >= 0.6 is 0 Å². The molecule has 0 bridgehead atoms. The largest absolute Gasteiger partial charge is 0.383 e. The molecule has 8 heteroatoms. The Morgan fingerprint density at radius 1 is 1.24 bits per heavy atom. The number of anilines is 1. The number of hydrogen-bond donors (Lipinski definition) is 1. The van der Waals surface area contributed by atoms with Gasteiger partial charge in [-0.2, -0.15) is 8.42 Å². The average molecular weight is 419 g/mol. The van der Waals surface area contributed by atoms with Crippen LogP contribution in [0.1, 0.15) is 24.0 Å². The number of amides is 2. The van der Waals surface area contributed by atoms with E-state index in [-0.39, 0.29) is 17.9 Å². The molecule has 156 valence electrons. The number of rotatable bonds is 7. The maximum Gasteiger partial charge on any atom is 0.322 e. The third-order valence-corrected chi connectivity index (χ3v) is 5.04. The minimum Gasteiger partial charge on any atom is -0.383 e. The molecule has 1 aliphatic heterocycles. The summed E-state index contributed by atoms with van der Waals surface area (Å²) in [5.74, 6) is 0.242. The first kappa shape index (κ1) is 21.1. The molecule has 1 N–H and O–H groups in total. The van der Waals surface area contributed by atoms with Gasteiger partial charge in [0.05, 0.1) is 12.4 Å². The summed E-state index contributed by atoms with van der Waals surface area (Å²) >= 11 is 0. The zero-order valence-electron chi connectivity index (χ0n) is 16.6. The van der Waals surface area contributed by atoms with E-state index >= 15 is 0 Å². The lowest BCUT2D eigenvalue weighted by Gasteiger charge is -2.26. The first-order valence-corrected chi connectivity index (χ1v) is 11.3. The zero-order valence-corrected chi connectivity index (χ0v) is 17.4. The number of ether oxygens (including phenoxy) is 1. The van der Waals surface area contributed by atoms with Crippen molar-refractivity contribution in [3.8, 4) is 5.75 Å². The van der Waals surface area contributed by atoms with Crippen LogP contribution in [0.5, 0.6) is 5.75 Å². The summed E-state index contributed by atoms with van der Waals surface area (Å²) in [6, 6.07) is 14.1. The maximum absolute atomic E-state index is 12.9. The molecule has 1 atom stereocenters. The van der Waals surface area contributed by atoms with Gasteiger partial charge in [0, 0.05) is 25.4 Å². The summed E-state index contributed by atoms with van der Waals surface area (Å²) in [5.41, 5.74) is 2.67. The van der Waals surface area contributed by atoms with Gasteiger partial charge in [0.25, 0.3) is 0 Å². The monoisotopic (exact) mass is 418 g/mol. The van der Waals surface area contributed by atoms with E-state index in [1.165, 1.54) is 0 Å². The number of carbonyl (C=O) groups is 1. The van der Waals surface area contributed by atoms with Crippen molar-refractivity contribution in [3.63, 3.8) is 0 Å². The van der Waals surface area contributed by atoms with Crippen LogP contribution in [0.2, 0.25) is 0 Å². The van der Waals surface area contributed by atoms with Crippen molar-refractivity contribution in [2.24, 2.45) is 0 Å². The summed E-state index contributed by atoms with van der Waals surface area (Å²) < 4.78 is 33.1. The van der Waals surface area contributed by atoms with Crippen molar-refractivity contribution < 1.29 is 22.1 Å². The lowest BCUT2D eigenvalue weighted by Crippen LogP contribution is -2.39. The normalized spacial score (nSPS) is 16.4. The first-order chi connectivity index (χ1) is 13.8. The maximum atomic E-state index is 12.9. The molecule has 1 saturated heterocycles. The van der Waals surface area contributed by atoms with Crippen LogP contribution in [0.4, 0.5) is 10.5 Å². The van der Waals surface area contributed by atoms with E-state index < -0.39 is 10.1 Å². The predicted octanol–water partition coefficient (Wildman–Crippen LogP) is 3.55. The first-order valence-electron chi connectivity index (χ1n) is 9.51. The highest BCUT2D eigenvalue weighted by atomic mass is 32.2. The van der Waals surface area contributed by atoms with Gasteiger partial charge in [-0.05, 0) is 55.2 Å². The van der Waals surface area contributed by atoms with Crippen LogP contribution < -0.4 is 9.50 Å². The van der Waals surface area contributed by atoms with Crippen LogP contribution in [-0.2, 0) is 21.4 Å². The molecule has 1 heterocycles. The summed E-state index contributed by atoms with van der Waals surface area (Å²) in [7, 11) is -3.57. The van der Waals surface area contributed by atoms with E-state index in [4.69, 9.17) is 8.92 Å². The molecule has 2 aromatic carbocycles. The van der Waals surface area contributed by atoms with E-state index in [0.29, 0.717) is 13.1 Å². The zero-order chi connectivity index (χ0) is 20.9. The lowest BCUT2D eigenvalue weighted by atomic mass is 10.2. The quantitative estimate of drug-likeness (QED) is 0.695. The van der Waals surface area contributed by atoms with Gasteiger partial charge in [-0.25, -0.2) is 4.79 Å². The third-order valence-electron chi connectivity index (χ3n) is 4.55. The van der Waals surface area contributed by atoms with Crippen LogP contribution in [0.15, 0.2) is 48.5 Å². The number of benzene rings is 2. The standard InChI is InChI=1S/C21H26N2O5S/c1-16-5-3-6-18(13-16)22-21(24)23(15-20-7-4-12-27-20)14-17-8-10-19(11-9-17)28-29(2,25)26/h3,5-6,8-11,13,20H,4,7,12,14-15H2,1-2H3,(H,22,24). The van der Waals surface area contributed by atoms with E-state index in [0.717, 1.165) is 42.5 Å². The number of urea groups is 1. The van der Waals surface area contributed by atoms with Crippen LogP contribution in [0.25, 0.3) is 0 Å². The molecule has 29 heavy (non-hydrogen) atoms. The van der Waals surface area contributed by atoms with E-state index in [2.05, 4.69) is 5.32 Å². The third kappa shape index (κ3) is 6.76. The van der Waals surface area contributed by atoms with Gasteiger partial charge in [-0.3, -0.25) is 0 Å². The van der Waals surface area contributed by atoms with Crippen molar-refractivity contribution in [1.29, 1.82) is 0 Å². The molecule has 0 saturated carbocycles. The Kier molecular flexibility index (Phi) is 6.76. The molecule has 1 aliphatic rings. The molecule has 1 unspecified atom stereocenters. The van der Waals surface area contributed by atoms with Crippen molar-refractivity contribution >= 4 is 21.8 Å². The molecule has 0 radical (unpaired) electrons. The number of hydrogen-bond acceptors (Lipinski definition) is 5. The second-order valence-corrected chi connectivity index (χ2v) is 8.82. The molecule has 0 aromatic heterocycles. The Balaban J connectivity index is 1.71. The Morgan fingerprint density at radius 2 is 2.00 bits per heavy atom. The Hall–Kier alpha value is -2.58.